The van der Waals surface area contributed by atoms with Crippen LogP contribution < -0.4 is 11.1 Å². The van der Waals surface area contributed by atoms with Crippen molar-refractivity contribution in [2.75, 3.05) is 26.2 Å². The van der Waals surface area contributed by atoms with Crippen LogP contribution in [0.5, 0.6) is 0 Å². The molecule has 1 amide bonds. The lowest BCUT2D eigenvalue weighted by molar-refractivity contribution is -0.122. The molecule has 17 heavy (non-hydrogen) atoms. The number of nitrogens with zero attached hydrogens (tertiary/aromatic N) is 1. The highest BCUT2D eigenvalue weighted by molar-refractivity contribution is 5.78. The van der Waals surface area contributed by atoms with Crippen LogP contribution in [-0.4, -0.2) is 43.0 Å². The first-order valence-corrected chi connectivity index (χ1v) is 6.90. The quantitative estimate of drug-likeness (QED) is 0.569. The molecule has 0 aliphatic rings. The lowest BCUT2D eigenvalue weighted by atomic mass is 10.1. The molecular formula is C13H29N3O. The second-order valence-electron chi connectivity index (χ2n) is 4.43. The molecule has 0 aromatic heterocycles. The zero-order chi connectivity index (χ0) is 13.1. The minimum absolute atomic E-state index is 0.124. The van der Waals surface area contributed by atoms with Gasteiger partial charge in [0.1, 0.15) is 0 Å². The Balaban J connectivity index is 4.09. The highest BCUT2D eigenvalue weighted by Crippen LogP contribution is 2.07. The first kappa shape index (κ1) is 16.4. The van der Waals surface area contributed by atoms with Crippen molar-refractivity contribution in [1.82, 2.24) is 10.2 Å². The molecule has 0 fully saturated rings. The van der Waals surface area contributed by atoms with Crippen LogP contribution in [0, 0.1) is 0 Å². The van der Waals surface area contributed by atoms with E-state index in [9.17, 15) is 4.79 Å². The molecule has 0 saturated heterocycles. The van der Waals surface area contributed by atoms with E-state index in [-0.39, 0.29) is 5.91 Å². The largest absolute Gasteiger partial charge is 0.355 e. The van der Waals surface area contributed by atoms with Crippen LogP contribution in [0.15, 0.2) is 0 Å². The Kier molecular flexibility index (Phi) is 10.2. The van der Waals surface area contributed by atoms with Crippen LogP contribution in [0.1, 0.15) is 46.5 Å². The van der Waals surface area contributed by atoms with Crippen molar-refractivity contribution in [3.05, 3.63) is 0 Å². The van der Waals surface area contributed by atoms with E-state index in [1.165, 1.54) is 0 Å². The van der Waals surface area contributed by atoms with Crippen LogP contribution in [0.25, 0.3) is 0 Å². The number of rotatable bonds is 10. The van der Waals surface area contributed by atoms with Gasteiger partial charge >= 0.3 is 0 Å². The third-order valence-corrected chi connectivity index (χ3v) is 3.07. The molecule has 4 nitrogen and oxygen atoms in total. The van der Waals surface area contributed by atoms with Crippen molar-refractivity contribution < 1.29 is 4.79 Å². The van der Waals surface area contributed by atoms with Crippen molar-refractivity contribution in [2.24, 2.45) is 5.73 Å². The summed E-state index contributed by atoms with van der Waals surface area (Å²) in [6.07, 6.45) is 4.30. The Morgan fingerprint density at radius 2 is 1.94 bits per heavy atom. The average molecular weight is 243 g/mol. The second-order valence-corrected chi connectivity index (χ2v) is 4.43. The van der Waals surface area contributed by atoms with Crippen LogP contribution in [0.2, 0.25) is 0 Å². The summed E-state index contributed by atoms with van der Waals surface area (Å²) in [7, 11) is 0. The maximum absolute atomic E-state index is 11.7. The third kappa shape index (κ3) is 7.34. The molecule has 0 saturated carbocycles. The van der Waals surface area contributed by atoms with E-state index in [0.29, 0.717) is 19.1 Å². The number of nitrogens with two attached hydrogens (primary N) is 1. The smallest absolute Gasteiger partial charge is 0.234 e. The van der Waals surface area contributed by atoms with Gasteiger partial charge in [0, 0.05) is 25.7 Å². The Labute approximate surface area is 106 Å². The molecule has 0 unspecified atom stereocenters. The van der Waals surface area contributed by atoms with Gasteiger partial charge in [-0.3, -0.25) is 9.69 Å². The summed E-state index contributed by atoms with van der Waals surface area (Å²) in [5.74, 6) is 0.124. The summed E-state index contributed by atoms with van der Waals surface area (Å²) < 4.78 is 0. The highest BCUT2D eigenvalue weighted by atomic mass is 16.2. The number of amides is 1. The maximum atomic E-state index is 11.7. The summed E-state index contributed by atoms with van der Waals surface area (Å²) in [6.45, 7) is 9.12. The molecule has 0 atom stereocenters. The van der Waals surface area contributed by atoms with Crippen LogP contribution >= 0.6 is 0 Å². The third-order valence-electron chi connectivity index (χ3n) is 3.07. The number of carbonyl (C=O) groups excluding carboxylic acids is 1. The zero-order valence-electron chi connectivity index (χ0n) is 11.7. The Bertz CT molecular complexity index is 193. The average Bonchev–Trinajstić information content (AvgIpc) is 2.31. The molecule has 0 rings (SSSR count). The molecule has 0 aliphatic heterocycles. The lowest BCUT2D eigenvalue weighted by Crippen LogP contribution is -2.45. The fraction of sp³-hybridized carbons (Fsp3) is 0.923. The van der Waals surface area contributed by atoms with Crippen LogP contribution in [0.3, 0.4) is 0 Å². The predicted molar refractivity (Wildman–Crippen MR) is 72.9 cm³/mol. The van der Waals surface area contributed by atoms with Crippen molar-refractivity contribution in [1.29, 1.82) is 0 Å². The van der Waals surface area contributed by atoms with Gasteiger partial charge in [-0.15, -0.1) is 0 Å². The van der Waals surface area contributed by atoms with Gasteiger partial charge in [0.15, 0.2) is 0 Å². The van der Waals surface area contributed by atoms with Gasteiger partial charge in [-0.25, -0.2) is 0 Å². The number of hydrogen-bond donors (Lipinski definition) is 2. The molecule has 102 valence electrons. The van der Waals surface area contributed by atoms with Gasteiger partial charge in [-0.1, -0.05) is 27.2 Å². The topological polar surface area (TPSA) is 58.4 Å². The van der Waals surface area contributed by atoms with E-state index < -0.39 is 0 Å². The van der Waals surface area contributed by atoms with Crippen LogP contribution in [0.4, 0.5) is 0 Å². The van der Waals surface area contributed by atoms with E-state index in [1.807, 2.05) is 0 Å². The molecular weight excluding hydrogens is 214 g/mol. The molecule has 0 spiro atoms. The van der Waals surface area contributed by atoms with Gasteiger partial charge in [0.25, 0.3) is 0 Å². The van der Waals surface area contributed by atoms with Gasteiger partial charge in [-0.2, -0.15) is 0 Å². The lowest BCUT2D eigenvalue weighted by Gasteiger charge is -2.29. The molecule has 0 heterocycles. The Hall–Kier alpha value is -0.610. The molecule has 0 aliphatic carbocycles. The van der Waals surface area contributed by atoms with Crippen molar-refractivity contribution >= 4 is 5.91 Å². The highest BCUT2D eigenvalue weighted by Gasteiger charge is 2.16. The maximum Gasteiger partial charge on any atom is 0.234 e. The summed E-state index contributed by atoms with van der Waals surface area (Å²) >= 11 is 0. The summed E-state index contributed by atoms with van der Waals surface area (Å²) in [4.78, 5) is 13.9. The minimum atomic E-state index is 0.124. The number of hydrogen-bond acceptors (Lipinski definition) is 3. The number of nitrogens with one attached hydrogen (secondary N) is 1. The van der Waals surface area contributed by atoms with Gasteiger partial charge in [0.05, 0.1) is 6.54 Å². The van der Waals surface area contributed by atoms with E-state index >= 15 is 0 Å². The fourth-order valence-electron chi connectivity index (χ4n) is 2.01. The molecule has 0 radical (unpaired) electrons. The summed E-state index contributed by atoms with van der Waals surface area (Å²) in [5.41, 5.74) is 5.60. The molecule has 3 N–H and O–H groups in total. The fourth-order valence-corrected chi connectivity index (χ4v) is 2.01. The van der Waals surface area contributed by atoms with E-state index in [1.54, 1.807) is 0 Å². The SMILES string of the molecule is CCCCNC(=O)CN(CCN)C(CC)CC. The molecule has 0 aromatic carbocycles. The molecule has 0 aromatic rings. The van der Waals surface area contributed by atoms with E-state index in [2.05, 4.69) is 31.0 Å². The van der Waals surface area contributed by atoms with Gasteiger partial charge in [0.2, 0.25) is 5.91 Å². The van der Waals surface area contributed by atoms with E-state index in [0.717, 1.165) is 38.8 Å². The molecule has 4 heteroatoms. The predicted octanol–water partition coefficient (Wildman–Crippen LogP) is 1.35. The van der Waals surface area contributed by atoms with E-state index in [4.69, 9.17) is 5.73 Å². The number of carbonyl (C=O) groups is 1. The van der Waals surface area contributed by atoms with Crippen molar-refractivity contribution in [2.45, 2.75) is 52.5 Å². The minimum Gasteiger partial charge on any atom is -0.355 e. The van der Waals surface area contributed by atoms with Crippen molar-refractivity contribution in [3.63, 3.8) is 0 Å². The summed E-state index contributed by atoms with van der Waals surface area (Å²) in [6, 6.07) is 0.468. The zero-order valence-corrected chi connectivity index (χ0v) is 11.7. The standard InChI is InChI=1S/C13H29N3O/c1-4-7-9-15-13(17)11-16(10-8-14)12(5-2)6-3/h12H,4-11,14H2,1-3H3,(H,15,17). The van der Waals surface area contributed by atoms with Gasteiger partial charge in [-0.05, 0) is 19.3 Å². The Morgan fingerprint density at radius 3 is 2.41 bits per heavy atom. The van der Waals surface area contributed by atoms with Crippen LogP contribution in [-0.2, 0) is 4.79 Å². The van der Waals surface area contributed by atoms with Gasteiger partial charge < -0.3 is 11.1 Å². The normalized spacial score (nSPS) is 11.2. The Morgan fingerprint density at radius 1 is 1.29 bits per heavy atom. The number of unbranched alkanes of at least 4 members (excludes halogenated alkanes) is 1. The second kappa shape index (κ2) is 10.5. The first-order valence-electron chi connectivity index (χ1n) is 6.90. The molecule has 0 bridgehead atoms. The first-order chi connectivity index (χ1) is 8.19. The summed E-state index contributed by atoms with van der Waals surface area (Å²) in [5, 5.41) is 2.95. The monoisotopic (exact) mass is 243 g/mol. The van der Waals surface area contributed by atoms with Crippen molar-refractivity contribution in [3.8, 4) is 0 Å².